The van der Waals surface area contributed by atoms with Gasteiger partial charge in [0.05, 0.1) is 17.7 Å². The number of nitriles is 1. The van der Waals surface area contributed by atoms with Crippen LogP contribution in [0.4, 0.5) is 0 Å². The van der Waals surface area contributed by atoms with Crippen molar-refractivity contribution in [3.8, 4) is 17.3 Å². The molecular formula is C22H18N4O2. The number of nitrogens with one attached hydrogen (secondary N) is 1. The van der Waals surface area contributed by atoms with Crippen LogP contribution in [0.5, 0.6) is 0 Å². The Bertz CT molecular complexity index is 1250. The summed E-state index contributed by atoms with van der Waals surface area (Å²) >= 11 is 0. The lowest BCUT2D eigenvalue weighted by Gasteiger charge is -2.16. The molecule has 2 aromatic heterocycles. The molecule has 1 unspecified atom stereocenters. The number of aromatic nitrogens is 3. The average molecular weight is 370 g/mol. The van der Waals surface area contributed by atoms with E-state index in [9.17, 15) is 15.2 Å². The fourth-order valence-electron chi connectivity index (χ4n) is 3.46. The lowest BCUT2D eigenvalue weighted by atomic mass is 10.0. The van der Waals surface area contributed by atoms with E-state index in [1.165, 1.54) is 0 Å². The normalized spacial score (nSPS) is 12.0. The number of pyridine rings is 1. The van der Waals surface area contributed by atoms with Gasteiger partial charge < -0.3 is 14.7 Å². The Balaban J connectivity index is 1.73. The molecule has 0 amide bonds. The zero-order valence-electron chi connectivity index (χ0n) is 15.3. The zero-order valence-corrected chi connectivity index (χ0v) is 15.3. The van der Waals surface area contributed by atoms with E-state index in [1.54, 1.807) is 24.4 Å². The van der Waals surface area contributed by atoms with Crippen molar-refractivity contribution in [2.24, 2.45) is 0 Å². The van der Waals surface area contributed by atoms with Crippen molar-refractivity contribution < 1.29 is 5.11 Å². The van der Waals surface area contributed by atoms with Crippen molar-refractivity contribution in [1.29, 1.82) is 5.26 Å². The minimum Gasteiger partial charge on any atom is -0.388 e. The van der Waals surface area contributed by atoms with E-state index in [2.05, 4.69) is 16.0 Å². The number of hydrogen-bond donors (Lipinski definition) is 2. The van der Waals surface area contributed by atoms with Crippen LogP contribution in [0.25, 0.3) is 22.0 Å². The maximum absolute atomic E-state index is 12.4. The molecule has 2 aromatic carbocycles. The van der Waals surface area contributed by atoms with E-state index in [1.807, 2.05) is 48.0 Å². The monoisotopic (exact) mass is 370 g/mol. The Morgan fingerprint density at radius 2 is 2.00 bits per heavy atom. The number of nitrogens with zero attached hydrogens (tertiary/aromatic N) is 3. The van der Waals surface area contributed by atoms with Crippen molar-refractivity contribution in [1.82, 2.24) is 14.5 Å². The summed E-state index contributed by atoms with van der Waals surface area (Å²) in [6.07, 6.45) is 3.51. The molecule has 0 saturated carbocycles. The first-order chi connectivity index (χ1) is 13.6. The summed E-state index contributed by atoms with van der Waals surface area (Å²) in [5.41, 5.74) is 2.84. The Labute approximate surface area is 161 Å². The van der Waals surface area contributed by atoms with E-state index >= 15 is 0 Å². The Hall–Kier alpha value is -3.69. The second-order valence-electron chi connectivity index (χ2n) is 6.60. The molecule has 0 aliphatic carbocycles. The summed E-state index contributed by atoms with van der Waals surface area (Å²) in [6, 6.07) is 17.0. The van der Waals surface area contributed by atoms with Crippen molar-refractivity contribution in [3.63, 3.8) is 0 Å². The molecule has 6 heteroatoms. The highest BCUT2D eigenvalue weighted by molar-refractivity contribution is 5.89. The molecular weight excluding hydrogens is 352 g/mol. The predicted octanol–water partition coefficient (Wildman–Crippen LogP) is 3.36. The SMILES string of the molecule is CC(c1ccc(-c2cc3c(C#N)cccc3c(=O)[nH]2)cc1)n1ccnc1CO. The molecule has 0 aliphatic rings. The van der Waals surface area contributed by atoms with Crippen molar-refractivity contribution in [2.75, 3.05) is 0 Å². The highest BCUT2D eigenvalue weighted by atomic mass is 16.3. The Morgan fingerprint density at radius 1 is 1.21 bits per heavy atom. The molecule has 28 heavy (non-hydrogen) atoms. The highest BCUT2D eigenvalue weighted by Crippen LogP contribution is 2.25. The van der Waals surface area contributed by atoms with Gasteiger partial charge in [0, 0.05) is 28.9 Å². The minimum absolute atomic E-state index is 0.0135. The molecule has 2 N–H and O–H groups in total. The first kappa shape index (κ1) is 17.7. The van der Waals surface area contributed by atoms with Crippen LogP contribution in [0, 0.1) is 11.3 Å². The second kappa shape index (κ2) is 7.14. The van der Waals surface area contributed by atoms with Crippen LogP contribution >= 0.6 is 0 Å². The lowest BCUT2D eigenvalue weighted by molar-refractivity contribution is 0.263. The Morgan fingerprint density at radius 3 is 2.71 bits per heavy atom. The van der Waals surface area contributed by atoms with Gasteiger partial charge in [-0.2, -0.15) is 5.26 Å². The van der Waals surface area contributed by atoms with Gasteiger partial charge in [0.2, 0.25) is 0 Å². The van der Waals surface area contributed by atoms with Crippen LogP contribution in [0.2, 0.25) is 0 Å². The third-order valence-electron chi connectivity index (χ3n) is 5.02. The van der Waals surface area contributed by atoms with E-state index < -0.39 is 0 Å². The first-order valence-electron chi connectivity index (χ1n) is 8.91. The molecule has 6 nitrogen and oxygen atoms in total. The van der Waals surface area contributed by atoms with Gasteiger partial charge in [-0.3, -0.25) is 4.79 Å². The van der Waals surface area contributed by atoms with Gasteiger partial charge in [-0.15, -0.1) is 0 Å². The smallest absolute Gasteiger partial charge is 0.256 e. The van der Waals surface area contributed by atoms with Crippen LogP contribution < -0.4 is 5.56 Å². The highest BCUT2D eigenvalue weighted by Gasteiger charge is 2.12. The molecule has 0 spiro atoms. The molecule has 2 heterocycles. The van der Waals surface area contributed by atoms with Crippen LogP contribution in [-0.4, -0.2) is 19.6 Å². The maximum atomic E-state index is 12.4. The molecule has 0 aliphatic heterocycles. The van der Waals surface area contributed by atoms with Crippen molar-refractivity contribution >= 4 is 10.8 Å². The number of benzene rings is 2. The van der Waals surface area contributed by atoms with Crippen molar-refractivity contribution in [2.45, 2.75) is 19.6 Å². The number of hydrogen-bond acceptors (Lipinski definition) is 4. The fourth-order valence-corrected chi connectivity index (χ4v) is 3.46. The molecule has 138 valence electrons. The standard InChI is InChI=1S/C22H18N4O2/c1-14(26-10-9-24-21(26)13-27)15-5-7-16(8-6-15)20-11-19-17(12-23)3-2-4-18(19)22(28)25-20/h2-11,14,27H,13H2,1H3,(H,25,28). The number of aliphatic hydroxyl groups is 1. The quantitative estimate of drug-likeness (QED) is 0.576. The van der Waals surface area contributed by atoms with Gasteiger partial charge in [0.15, 0.2) is 0 Å². The van der Waals surface area contributed by atoms with Gasteiger partial charge in [-0.1, -0.05) is 30.3 Å². The van der Waals surface area contributed by atoms with Gasteiger partial charge in [-0.05, 0) is 36.2 Å². The number of imidazole rings is 1. The molecule has 0 bridgehead atoms. The summed E-state index contributed by atoms with van der Waals surface area (Å²) in [5.74, 6) is 0.611. The topological polar surface area (TPSA) is 94.7 Å². The number of fused-ring (bicyclic) bond motifs is 1. The molecule has 0 fully saturated rings. The third-order valence-corrected chi connectivity index (χ3v) is 5.02. The van der Waals surface area contributed by atoms with E-state index in [-0.39, 0.29) is 18.2 Å². The molecule has 1 atom stereocenters. The zero-order chi connectivity index (χ0) is 19.7. The van der Waals surface area contributed by atoms with E-state index in [4.69, 9.17) is 0 Å². The van der Waals surface area contributed by atoms with Crippen LogP contribution in [-0.2, 0) is 6.61 Å². The fraction of sp³-hybridized carbons (Fsp3) is 0.136. The van der Waals surface area contributed by atoms with Gasteiger partial charge in [-0.25, -0.2) is 4.98 Å². The number of H-pyrrole nitrogens is 1. The summed E-state index contributed by atoms with van der Waals surface area (Å²) in [7, 11) is 0. The summed E-state index contributed by atoms with van der Waals surface area (Å²) in [5, 5.41) is 19.9. The summed E-state index contributed by atoms with van der Waals surface area (Å²) in [4.78, 5) is 19.5. The molecule has 0 saturated heterocycles. The third kappa shape index (κ3) is 2.98. The summed E-state index contributed by atoms with van der Waals surface area (Å²) < 4.78 is 1.92. The number of rotatable bonds is 4. The van der Waals surface area contributed by atoms with Crippen LogP contribution in [0.15, 0.2) is 65.7 Å². The van der Waals surface area contributed by atoms with E-state index in [0.717, 1.165) is 11.1 Å². The van der Waals surface area contributed by atoms with Gasteiger partial charge in [0.25, 0.3) is 5.56 Å². The van der Waals surface area contributed by atoms with Gasteiger partial charge in [0.1, 0.15) is 12.4 Å². The van der Waals surface area contributed by atoms with Gasteiger partial charge >= 0.3 is 0 Å². The Kier molecular flexibility index (Phi) is 4.52. The van der Waals surface area contributed by atoms with Crippen LogP contribution in [0.3, 0.4) is 0 Å². The number of aromatic amines is 1. The molecule has 0 radical (unpaired) electrons. The van der Waals surface area contributed by atoms with Crippen LogP contribution in [0.1, 0.15) is 29.9 Å². The second-order valence-corrected chi connectivity index (χ2v) is 6.60. The average Bonchev–Trinajstić information content (AvgIpc) is 3.21. The van der Waals surface area contributed by atoms with Crippen molar-refractivity contribution in [3.05, 3.63) is 88.2 Å². The first-order valence-corrected chi connectivity index (χ1v) is 8.91. The maximum Gasteiger partial charge on any atom is 0.256 e. The van der Waals surface area contributed by atoms with E-state index in [0.29, 0.717) is 27.9 Å². The molecule has 4 rings (SSSR count). The number of aliphatic hydroxyl groups excluding tert-OH is 1. The molecule has 4 aromatic rings. The summed E-state index contributed by atoms with van der Waals surface area (Å²) in [6.45, 7) is 1.92. The minimum atomic E-state index is -0.215. The predicted molar refractivity (Wildman–Crippen MR) is 107 cm³/mol. The lowest BCUT2D eigenvalue weighted by Crippen LogP contribution is -2.10. The largest absolute Gasteiger partial charge is 0.388 e.